The van der Waals surface area contributed by atoms with E-state index in [4.69, 9.17) is 10.5 Å². The first-order valence-corrected chi connectivity index (χ1v) is 6.52. The van der Waals surface area contributed by atoms with E-state index in [1.807, 2.05) is 32.1 Å². The van der Waals surface area contributed by atoms with Gasteiger partial charge in [-0.2, -0.15) is 10.5 Å². The van der Waals surface area contributed by atoms with Crippen molar-refractivity contribution in [3.63, 3.8) is 0 Å². The second kappa shape index (κ2) is 6.78. The van der Waals surface area contributed by atoms with Crippen LogP contribution < -0.4 is 0 Å². The maximum Gasteiger partial charge on any atom is 0.264 e. The Hall–Kier alpha value is -1.85. The third-order valence-corrected chi connectivity index (χ3v) is 3.79. The van der Waals surface area contributed by atoms with E-state index in [-0.39, 0.29) is 5.91 Å². The summed E-state index contributed by atoms with van der Waals surface area (Å²) in [7, 11) is 0. The molecule has 0 saturated carbocycles. The van der Waals surface area contributed by atoms with Crippen molar-refractivity contribution in [2.75, 3.05) is 13.1 Å². The largest absolute Gasteiger partial charge is 0.336 e. The zero-order valence-corrected chi connectivity index (χ0v) is 11.4. The number of rotatable bonds is 5. The lowest BCUT2D eigenvalue weighted by Crippen LogP contribution is -2.32. The number of carbonyl (C=O) groups excluding carboxylic acids is 1. The van der Waals surface area contributed by atoms with Crippen LogP contribution in [0, 0.1) is 36.5 Å². The highest BCUT2D eigenvalue weighted by Crippen LogP contribution is 2.22. The van der Waals surface area contributed by atoms with Gasteiger partial charge in [0, 0.05) is 18.0 Å². The second-order valence-corrected chi connectivity index (χ2v) is 5.21. The highest BCUT2D eigenvalue weighted by Gasteiger charge is 2.17. The number of carbonyl (C=O) groups is 1. The van der Waals surface area contributed by atoms with E-state index in [2.05, 4.69) is 0 Å². The van der Waals surface area contributed by atoms with Crippen molar-refractivity contribution < 1.29 is 4.79 Å². The Bertz CT molecular complexity index is 470. The topological polar surface area (TPSA) is 67.9 Å². The SMILES string of the molecule is Cc1cc(C(=O)N(CCC#N)CCC#N)sc1C. The molecule has 4 nitrogen and oxygen atoms in total. The van der Waals surface area contributed by atoms with Crippen molar-refractivity contribution in [1.29, 1.82) is 10.5 Å². The van der Waals surface area contributed by atoms with Gasteiger partial charge in [0.1, 0.15) is 0 Å². The molecule has 1 heterocycles. The predicted molar refractivity (Wildman–Crippen MR) is 70.2 cm³/mol. The van der Waals surface area contributed by atoms with Crippen LogP contribution >= 0.6 is 11.3 Å². The first-order valence-electron chi connectivity index (χ1n) is 5.70. The Morgan fingerprint density at radius 2 is 1.83 bits per heavy atom. The van der Waals surface area contributed by atoms with Crippen LogP contribution in [0.4, 0.5) is 0 Å². The summed E-state index contributed by atoms with van der Waals surface area (Å²) in [5.74, 6) is -0.0818. The number of aryl methyl sites for hydroxylation is 2. The van der Waals surface area contributed by atoms with E-state index < -0.39 is 0 Å². The minimum absolute atomic E-state index is 0.0818. The summed E-state index contributed by atoms with van der Waals surface area (Å²) in [6.07, 6.45) is 0.584. The molecule has 1 rings (SSSR count). The number of hydrogen-bond acceptors (Lipinski definition) is 4. The average Bonchev–Trinajstić information content (AvgIpc) is 2.69. The normalized spacial score (nSPS) is 9.56. The van der Waals surface area contributed by atoms with E-state index in [1.54, 1.807) is 4.90 Å². The Balaban J connectivity index is 2.81. The van der Waals surface area contributed by atoms with E-state index in [1.165, 1.54) is 11.3 Å². The van der Waals surface area contributed by atoms with Crippen LogP contribution in [0.25, 0.3) is 0 Å². The van der Waals surface area contributed by atoms with E-state index in [9.17, 15) is 4.79 Å². The summed E-state index contributed by atoms with van der Waals surface area (Å²) in [6.45, 7) is 4.71. The molecule has 0 fully saturated rings. The van der Waals surface area contributed by atoms with Crippen molar-refractivity contribution in [1.82, 2.24) is 4.90 Å². The van der Waals surface area contributed by atoms with Crippen LogP contribution in [0.5, 0.6) is 0 Å². The molecule has 0 atom stereocenters. The third kappa shape index (κ3) is 3.58. The summed E-state index contributed by atoms with van der Waals surface area (Å²) in [6, 6.07) is 5.92. The molecule has 0 bridgehead atoms. The molecule has 0 aliphatic rings. The summed E-state index contributed by atoms with van der Waals surface area (Å²) in [5.41, 5.74) is 1.10. The maximum atomic E-state index is 12.2. The van der Waals surface area contributed by atoms with Gasteiger partial charge >= 0.3 is 0 Å². The summed E-state index contributed by atoms with van der Waals surface area (Å²) >= 11 is 1.46. The zero-order chi connectivity index (χ0) is 13.5. The molecular weight excluding hydrogens is 246 g/mol. The fraction of sp³-hybridized carbons (Fsp3) is 0.462. The van der Waals surface area contributed by atoms with E-state index >= 15 is 0 Å². The van der Waals surface area contributed by atoms with Crippen molar-refractivity contribution in [3.8, 4) is 12.1 Å². The Morgan fingerprint density at radius 1 is 1.28 bits per heavy atom. The predicted octanol–water partition coefficient (Wildman–Crippen LogP) is 2.63. The van der Waals surface area contributed by atoms with Gasteiger partial charge in [0.25, 0.3) is 5.91 Å². The average molecular weight is 261 g/mol. The molecule has 0 unspecified atom stereocenters. The minimum atomic E-state index is -0.0818. The van der Waals surface area contributed by atoms with Crippen molar-refractivity contribution in [3.05, 3.63) is 21.4 Å². The van der Waals surface area contributed by atoms with Crippen LogP contribution in [0.1, 0.15) is 33.0 Å². The summed E-state index contributed by atoms with van der Waals surface area (Å²) in [4.78, 5) is 15.6. The van der Waals surface area contributed by atoms with E-state index in [0.29, 0.717) is 30.8 Å². The molecule has 0 N–H and O–H groups in total. The lowest BCUT2D eigenvalue weighted by molar-refractivity contribution is 0.0767. The molecule has 0 saturated heterocycles. The molecule has 1 aromatic heterocycles. The van der Waals surface area contributed by atoms with Crippen LogP contribution in [0.2, 0.25) is 0 Å². The number of hydrogen-bond donors (Lipinski definition) is 0. The van der Waals surface area contributed by atoms with Gasteiger partial charge in [0.05, 0.1) is 29.9 Å². The minimum Gasteiger partial charge on any atom is -0.336 e. The van der Waals surface area contributed by atoms with Gasteiger partial charge in [-0.05, 0) is 25.5 Å². The number of nitrogens with zero attached hydrogens (tertiary/aromatic N) is 3. The van der Waals surface area contributed by atoms with Crippen molar-refractivity contribution in [2.24, 2.45) is 0 Å². The molecule has 1 aromatic rings. The fourth-order valence-corrected chi connectivity index (χ4v) is 2.52. The fourth-order valence-electron chi connectivity index (χ4n) is 1.52. The molecule has 0 radical (unpaired) electrons. The monoisotopic (exact) mass is 261 g/mol. The lowest BCUT2D eigenvalue weighted by Gasteiger charge is -2.19. The van der Waals surface area contributed by atoms with Crippen LogP contribution in [-0.4, -0.2) is 23.9 Å². The molecule has 0 spiro atoms. The number of thiophene rings is 1. The van der Waals surface area contributed by atoms with Crippen LogP contribution in [-0.2, 0) is 0 Å². The molecule has 0 aliphatic heterocycles. The molecule has 5 heteroatoms. The summed E-state index contributed by atoms with van der Waals surface area (Å²) < 4.78 is 0. The quantitative estimate of drug-likeness (QED) is 0.818. The van der Waals surface area contributed by atoms with Crippen molar-refractivity contribution in [2.45, 2.75) is 26.7 Å². The highest BCUT2D eigenvalue weighted by atomic mass is 32.1. The van der Waals surface area contributed by atoms with Crippen LogP contribution in [0.15, 0.2) is 6.07 Å². The number of amides is 1. The first-order chi connectivity index (χ1) is 8.60. The molecular formula is C13H15N3OS. The second-order valence-electron chi connectivity index (χ2n) is 3.96. The van der Waals surface area contributed by atoms with Gasteiger partial charge in [0.2, 0.25) is 0 Å². The molecule has 1 amide bonds. The maximum absolute atomic E-state index is 12.2. The van der Waals surface area contributed by atoms with Gasteiger partial charge in [-0.15, -0.1) is 11.3 Å². The Morgan fingerprint density at radius 3 is 2.22 bits per heavy atom. The first kappa shape index (κ1) is 14.2. The highest BCUT2D eigenvalue weighted by molar-refractivity contribution is 7.14. The van der Waals surface area contributed by atoms with Gasteiger partial charge in [-0.3, -0.25) is 4.79 Å². The molecule has 0 aliphatic carbocycles. The zero-order valence-electron chi connectivity index (χ0n) is 10.6. The smallest absolute Gasteiger partial charge is 0.264 e. The molecule has 18 heavy (non-hydrogen) atoms. The van der Waals surface area contributed by atoms with E-state index in [0.717, 1.165) is 10.4 Å². The standard InChI is InChI=1S/C13H15N3OS/c1-10-9-12(18-11(10)2)13(17)16(7-3-5-14)8-4-6-15/h9H,3-4,7-8H2,1-2H3. The third-order valence-electron chi connectivity index (χ3n) is 2.65. The Kier molecular flexibility index (Phi) is 5.35. The van der Waals surface area contributed by atoms with Gasteiger partial charge in [0.15, 0.2) is 0 Å². The summed E-state index contributed by atoms with van der Waals surface area (Å²) in [5, 5.41) is 17.2. The van der Waals surface area contributed by atoms with Gasteiger partial charge in [-0.25, -0.2) is 0 Å². The lowest BCUT2D eigenvalue weighted by atomic mass is 10.2. The molecule has 94 valence electrons. The number of nitriles is 2. The van der Waals surface area contributed by atoms with Gasteiger partial charge in [-0.1, -0.05) is 0 Å². The Labute approximate surface area is 111 Å². The van der Waals surface area contributed by atoms with Crippen LogP contribution in [0.3, 0.4) is 0 Å². The van der Waals surface area contributed by atoms with Crippen molar-refractivity contribution >= 4 is 17.2 Å². The van der Waals surface area contributed by atoms with Gasteiger partial charge < -0.3 is 4.90 Å². The molecule has 0 aromatic carbocycles.